The predicted molar refractivity (Wildman–Crippen MR) is 79.3 cm³/mol. The Balaban J connectivity index is 2.12. The van der Waals surface area contributed by atoms with Crippen LogP contribution in [0.5, 0.6) is 0 Å². The van der Waals surface area contributed by atoms with Gasteiger partial charge in [0.25, 0.3) is 0 Å². The zero-order valence-electron chi connectivity index (χ0n) is 12.3. The maximum atomic E-state index is 12.4. The van der Waals surface area contributed by atoms with E-state index in [1.54, 1.807) is 0 Å². The van der Waals surface area contributed by atoms with Crippen LogP contribution in [0.25, 0.3) is 0 Å². The number of nitrogens with one attached hydrogen (secondary N) is 1. The van der Waals surface area contributed by atoms with Crippen LogP contribution >= 0.6 is 0 Å². The SMILES string of the molecule is Cc1ccc(C2OCCCC2C(=O)N[C@@H](C)CN)cc1. The van der Waals surface area contributed by atoms with Crippen LogP contribution in [0.2, 0.25) is 0 Å². The highest BCUT2D eigenvalue weighted by molar-refractivity contribution is 5.79. The van der Waals surface area contributed by atoms with Gasteiger partial charge in [-0.05, 0) is 32.3 Å². The maximum absolute atomic E-state index is 12.4. The molecule has 1 aliphatic heterocycles. The van der Waals surface area contributed by atoms with Gasteiger partial charge in [0, 0.05) is 19.2 Å². The fraction of sp³-hybridized carbons (Fsp3) is 0.562. The Morgan fingerprint density at radius 2 is 2.15 bits per heavy atom. The molecule has 1 fully saturated rings. The molecule has 0 bridgehead atoms. The van der Waals surface area contributed by atoms with Crippen molar-refractivity contribution < 1.29 is 9.53 Å². The summed E-state index contributed by atoms with van der Waals surface area (Å²) in [5, 5.41) is 2.97. The van der Waals surface area contributed by atoms with Gasteiger partial charge in [0.05, 0.1) is 12.0 Å². The summed E-state index contributed by atoms with van der Waals surface area (Å²) in [6.45, 7) is 5.14. The van der Waals surface area contributed by atoms with E-state index < -0.39 is 0 Å². The van der Waals surface area contributed by atoms with E-state index in [2.05, 4.69) is 36.5 Å². The molecule has 1 heterocycles. The molecule has 0 radical (unpaired) electrons. The van der Waals surface area contributed by atoms with Crippen molar-refractivity contribution >= 4 is 5.91 Å². The van der Waals surface area contributed by atoms with Crippen molar-refractivity contribution in [3.8, 4) is 0 Å². The molecule has 1 saturated heterocycles. The molecule has 4 nitrogen and oxygen atoms in total. The molecule has 0 saturated carbocycles. The molecule has 3 atom stereocenters. The molecule has 0 aliphatic carbocycles. The van der Waals surface area contributed by atoms with Crippen molar-refractivity contribution in [2.45, 2.75) is 38.8 Å². The van der Waals surface area contributed by atoms with Gasteiger partial charge in [0.2, 0.25) is 5.91 Å². The van der Waals surface area contributed by atoms with Crippen LogP contribution in [0.15, 0.2) is 24.3 Å². The van der Waals surface area contributed by atoms with Crippen LogP contribution < -0.4 is 11.1 Å². The van der Waals surface area contributed by atoms with E-state index in [1.807, 2.05) is 6.92 Å². The number of hydrogen-bond acceptors (Lipinski definition) is 3. The van der Waals surface area contributed by atoms with Gasteiger partial charge in [0.15, 0.2) is 0 Å². The molecule has 1 aromatic carbocycles. The Morgan fingerprint density at radius 1 is 1.45 bits per heavy atom. The standard InChI is InChI=1S/C16H24N2O2/c1-11-5-7-13(8-6-11)15-14(4-3-9-20-15)16(19)18-12(2)10-17/h5-8,12,14-15H,3-4,9-10,17H2,1-2H3,(H,18,19)/t12-,14?,15?/m0/s1. The zero-order valence-corrected chi connectivity index (χ0v) is 12.3. The number of nitrogens with two attached hydrogens (primary N) is 1. The Bertz CT molecular complexity index is 444. The van der Waals surface area contributed by atoms with Crippen molar-refractivity contribution in [3.63, 3.8) is 0 Å². The van der Waals surface area contributed by atoms with Crippen LogP contribution in [-0.2, 0) is 9.53 Å². The number of carbonyl (C=O) groups is 1. The Labute approximate surface area is 120 Å². The lowest BCUT2D eigenvalue weighted by Gasteiger charge is -2.32. The molecule has 2 unspecified atom stereocenters. The van der Waals surface area contributed by atoms with Crippen LogP contribution in [-0.4, -0.2) is 25.1 Å². The summed E-state index contributed by atoms with van der Waals surface area (Å²) < 4.78 is 5.86. The van der Waals surface area contributed by atoms with E-state index in [9.17, 15) is 4.79 Å². The number of benzene rings is 1. The molecule has 0 spiro atoms. The topological polar surface area (TPSA) is 64.3 Å². The van der Waals surface area contributed by atoms with Gasteiger partial charge in [0.1, 0.15) is 0 Å². The summed E-state index contributed by atoms with van der Waals surface area (Å²) in [6, 6.07) is 8.23. The summed E-state index contributed by atoms with van der Waals surface area (Å²) in [5.41, 5.74) is 7.86. The normalized spacial score (nSPS) is 24.1. The van der Waals surface area contributed by atoms with E-state index >= 15 is 0 Å². The second-order valence-corrected chi connectivity index (χ2v) is 5.60. The Kier molecular flexibility index (Phi) is 5.15. The number of ether oxygens (including phenoxy) is 1. The molecule has 0 aromatic heterocycles. The average Bonchev–Trinajstić information content (AvgIpc) is 2.48. The molecule has 4 heteroatoms. The monoisotopic (exact) mass is 276 g/mol. The lowest BCUT2D eigenvalue weighted by Crippen LogP contribution is -2.44. The smallest absolute Gasteiger partial charge is 0.226 e. The van der Waals surface area contributed by atoms with Crippen LogP contribution in [0, 0.1) is 12.8 Å². The first kappa shape index (κ1) is 15.0. The Morgan fingerprint density at radius 3 is 2.80 bits per heavy atom. The van der Waals surface area contributed by atoms with E-state index in [-0.39, 0.29) is 24.0 Å². The molecule has 20 heavy (non-hydrogen) atoms. The minimum Gasteiger partial charge on any atom is -0.373 e. The molecule has 3 N–H and O–H groups in total. The molecule has 1 aromatic rings. The van der Waals surface area contributed by atoms with Crippen molar-refractivity contribution in [2.75, 3.05) is 13.2 Å². The second kappa shape index (κ2) is 6.86. The fourth-order valence-corrected chi connectivity index (χ4v) is 2.54. The predicted octanol–water partition coefficient (Wildman–Crippen LogP) is 1.93. The number of amides is 1. The van der Waals surface area contributed by atoms with Crippen molar-refractivity contribution in [1.82, 2.24) is 5.32 Å². The fourth-order valence-electron chi connectivity index (χ4n) is 2.54. The van der Waals surface area contributed by atoms with E-state index in [1.165, 1.54) is 5.56 Å². The van der Waals surface area contributed by atoms with Gasteiger partial charge in [-0.1, -0.05) is 29.8 Å². The van der Waals surface area contributed by atoms with E-state index in [4.69, 9.17) is 10.5 Å². The first-order valence-corrected chi connectivity index (χ1v) is 7.30. The summed E-state index contributed by atoms with van der Waals surface area (Å²) in [5.74, 6) is -0.0753. The minimum atomic E-state index is -0.144. The highest BCUT2D eigenvalue weighted by atomic mass is 16.5. The first-order valence-electron chi connectivity index (χ1n) is 7.30. The molecular formula is C16H24N2O2. The summed E-state index contributed by atoms with van der Waals surface area (Å²) in [6.07, 6.45) is 1.65. The highest BCUT2D eigenvalue weighted by Gasteiger charge is 2.33. The van der Waals surface area contributed by atoms with E-state index in [0.29, 0.717) is 6.54 Å². The number of hydrogen-bond donors (Lipinski definition) is 2. The van der Waals surface area contributed by atoms with Crippen LogP contribution in [0.3, 0.4) is 0 Å². The third-order valence-corrected chi connectivity index (χ3v) is 3.81. The summed E-state index contributed by atoms with van der Waals surface area (Å²) in [7, 11) is 0. The third-order valence-electron chi connectivity index (χ3n) is 3.81. The van der Waals surface area contributed by atoms with Crippen molar-refractivity contribution in [2.24, 2.45) is 11.7 Å². The van der Waals surface area contributed by atoms with E-state index in [0.717, 1.165) is 25.0 Å². The number of aryl methyl sites for hydroxylation is 1. The largest absolute Gasteiger partial charge is 0.373 e. The lowest BCUT2D eigenvalue weighted by molar-refractivity contribution is -0.135. The summed E-state index contributed by atoms with van der Waals surface area (Å²) in [4.78, 5) is 12.4. The Hall–Kier alpha value is -1.39. The third kappa shape index (κ3) is 3.58. The zero-order chi connectivity index (χ0) is 14.5. The maximum Gasteiger partial charge on any atom is 0.226 e. The minimum absolute atomic E-state index is 0.00287. The number of carbonyl (C=O) groups excluding carboxylic acids is 1. The highest BCUT2D eigenvalue weighted by Crippen LogP contribution is 2.33. The molecule has 2 rings (SSSR count). The lowest BCUT2D eigenvalue weighted by atomic mass is 9.88. The molecule has 1 aliphatic rings. The van der Waals surface area contributed by atoms with Crippen LogP contribution in [0.4, 0.5) is 0 Å². The second-order valence-electron chi connectivity index (χ2n) is 5.60. The molecule has 1 amide bonds. The molecule has 110 valence electrons. The van der Waals surface area contributed by atoms with Gasteiger partial charge in [-0.25, -0.2) is 0 Å². The van der Waals surface area contributed by atoms with Gasteiger partial charge in [-0.3, -0.25) is 4.79 Å². The van der Waals surface area contributed by atoms with Gasteiger partial charge >= 0.3 is 0 Å². The first-order chi connectivity index (χ1) is 9.61. The van der Waals surface area contributed by atoms with Crippen molar-refractivity contribution in [3.05, 3.63) is 35.4 Å². The van der Waals surface area contributed by atoms with Gasteiger partial charge in [-0.15, -0.1) is 0 Å². The number of rotatable bonds is 4. The average molecular weight is 276 g/mol. The van der Waals surface area contributed by atoms with Gasteiger partial charge < -0.3 is 15.8 Å². The summed E-state index contributed by atoms with van der Waals surface area (Å²) >= 11 is 0. The quantitative estimate of drug-likeness (QED) is 0.883. The molecular weight excluding hydrogens is 252 g/mol. The van der Waals surface area contributed by atoms with Gasteiger partial charge in [-0.2, -0.15) is 0 Å². The van der Waals surface area contributed by atoms with Crippen molar-refractivity contribution in [1.29, 1.82) is 0 Å². The van der Waals surface area contributed by atoms with Crippen LogP contribution in [0.1, 0.15) is 37.0 Å².